The lowest BCUT2D eigenvalue weighted by atomic mass is 9.92. The first kappa shape index (κ1) is 36.8. The van der Waals surface area contributed by atoms with E-state index in [1.165, 1.54) is 0 Å². The first-order valence-electron chi connectivity index (χ1n) is 20.5. The van der Waals surface area contributed by atoms with Crippen LogP contribution in [0.4, 0.5) is 0 Å². The molecule has 0 radical (unpaired) electrons. The van der Waals surface area contributed by atoms with Crippen LogP contribution in [-0.2, 0) is 13.2 Å². The third-order valence-electron chi connectivity index (χ3n) is 11.1. The molecule has 0 heterocycles. The fraction of sp³-hybridized carbons (Fsp3) is 0.0714. The van der Waals surface area contributed by atoms with E-state index in [1.54, 1.807) is 0 Å². The van der Waals surface area contributed by atoms with Gasteiger partial charge in [-0.15, -0.1) is 0 Å². The van der Waals surface area contributed by atoms with Gasteiger partial charge >= 0.3 is 0 Å². The number of ether oxygens (including phenoxy) is 4. The van der Waals surface area contributed by atoms with Crippen LogP contribution in [0.3, 0.4) is 0 Å². The molecule has 0 aliphatic carbocycles. The van der Waals surface area contributed by atoms with Crippen molar-refractivity contribution in [2.45, 2.75) is 13.2 Å². The van der Waals surface area contributed by atoms with Gasteiger partial charge in [-0.3, -0.25) is 0 Å². The molecule has 0 N–H and O–H groups in total. The van der Waals surface area contributed by atoms with Gasteiger partial charge in [-0.25, -0.2) is 0 Å². The zero-order valence-corrected chi connectivity index (χ0v) is 33.1. The van der Waals surface area contributed by atoms with E-state index in [0.717, 1.165) is 99.5 Å². The standard InChI is InChI=1S/C56H42O4/c1-3-15-39(16-4-1)37-59-51-33-29-43-21-9-13-25-47(43)55(51)53-45-23-11-7-19-41(45)27-31-49(53)57-35-36-58-50-32-28-42-20-8-12-24-46(42)54(50)56-48-26-14-10-22-44(48)30-34-52(56)60-38-40-17-5-2-6-18-40/h1-34H,35-38H2. The van der Waals surface area contributed by atoms with E-state index < -0.39 is 0 Å². The van der Waals surface area contributed by atoms with E-state index >= 15 is 0 Å². The number of benzene rings is 10. The minimum Gasteiger partial charge on any atom is -0.489 e. The van der Waals surface area contributed by atoms with Crippen LogP contribution in [-0.4, -0.2) is 13.2 Å². The molecule has 0 fully saturated rings. The minimum absolute atomic E-state index is 0.315. The third-order valence-corrected chi connectivity index (χ3v) is 11.1. The van der Waals surface area contributed by atoms with Gasteiger partial charge in [0.15, 0.2) is 0 Å². The zero-order chi connectivity index (χ0) is 40.1. The van der Waals surface area contributed by atoms with E-state index in [4.69, 9.17) is 18.9 Å². The monoisotopic (exact) mass is 778 g/mol. The SMILES string of the molecule is c1ccc(COc2ccc3ccccc3c2-c2c(OCCOc3ccc4ccccc4c3-c3c(OCc4ccccc4)ccc4ccccc34)ccc3ccccc23)cc1. The molecule has 60 heavy (non-hydrogen) atoms. The van der Waals surface area contributed by atoms with Crippen LogP contribution in [0, 0.1) is 0 Å². The van der Waals surface area contributed by atoms with Crippen molar-refractivity contribution in [3.63, 3.8) is 0 Å². The number of hydrogen-bond donors (Lipinski definition) is 0. The molecule has 10 aromatic rings. The Bertz CT molecular complexity index is 2890. The number of hydrogen-bond acceptors (Lipinski definition) is 4. The van der Waals surface area contributed by atoms with Gasteiger partial charge in [-0.2, -0.15) is 0 Å². The molecular formula is C56H42O4. The second-order valence-corrected chi connectivity index (χ2v) is 14.9. The Kier molecular flexibility index (Phi) is 10.3. The maximum atomic E-state index is 6.80. The second kappa shape index (κ2) is 16.7. The van der Waals surface area contributed by atoms with Crippen molar-refractivity contribution >= 4 is 43.1 Å². The third kappa shape index (κ3) is 7.36. The fourth-order valence-electron chi connectivity index (χ4n) is 8.29. The van der Waals surface area contributed by atoms with Gasteiger partial charge in [0.05, 0.1) is 0 Å². The van der Waals surface area contributed by atoms with E-state index in [2.05, 4.69) is 170 Å². The Balaban J connectivity index is 1.01. The van der Waals surface area contributed by atoms with Crippen molar-refractivity contribution in [3.05, 3.63) is 217 Å². The summed E-state index contributed by atoms with van der Waals surface area (Å²) in [5, 5.41) is 8.89. The molecule has 0 spiro atoms. The largest absolute Gasteiger partial charge is 0.489 e. The summed E-state index contributed by atoms with van der Waals surface area (Å²) in [5.41, 5.74) is 6.22. The molecule has 0 saturated heterocycles. The molecule has 0 aliphatic rings. The van der Waals surface area contributed by atoms with E-state index in [-0.39, 0.29) is 0 Å². The van der Waals surface area contributed by atoms with E-state index in [1.807, 2.05) is 36.4 Å². The maximum Gasteiger partial charge on any atom is 0.128 e. The van der Waals surface area contributed by atoms with E-state index in [0.29, 0.717) is 26.4 Å². The fourth-order valence-corrected chi connectivity index (χ4v) is 8.29. The molecule has 0 amide bonds. The maximum absolute atomic E-state index is 6.80. The van der Waals surface area contributed by atoms with Crippen LogP contribution < -0.4 is 18.9 Å². The minimum atomic E-state index is 0.315. The Morgan fingerprint density at radius 1 is 0.233 bits per heavy atom. The molecule has 0 bridgehead atoms. The molecule has 10 rings (SSSR count). The summed E-state index contributed by atoms with van der Waals surface area (Å²) in [7, 11) is 0. The number of fused-ring (bicyclic) bond motifs is 4. The summed E-state index contributed by atoms with van der Waals surface area (Å²) < 4.78 is 26.9. The molecule has 4 heteroatoms. The van der Waals surface area contributed by atoms with Gasteiger partial charge in [0.25, 0.3) is 0 Å². The summed E-state index contributed by atoms with van der Waals surface area (Å²) in [6.45, 7) is 1.53. The number of rotatable bonds is 13. The predicted octanol–water partition coefficient (Wildman–Crippen LogP) is 14.2. The molecule has 290 valence electrons. The highest BCUT2D eigenvalue weighted by Crippen LogP contribution is 2.47. The Morgan fingerprint density at radius 2 is 0.500 bits per heavy atom. The molecular weight excluding hydrogens is 737 g/mol. The molecule has 0 aliphatic heterocycles. The second-order valence-electron chi connectivity index (χ2n) is 14.9. The lowest BCUT2D eigenvalue weighted by Crippen LogP contribution is -2.10. The molecule has 10 aromatic carbocycles. The van der Waals surface area contributed by atoms with Crippen LogP contribution in [0.2, 0.25) is 0 Å². The van der Waals surface area contributed by atoms with Crippen molar-refractivity contribution < 1.29 is 18.9 Å². The molecule has 0 atom stereocenters. The van der Waals surface area contributed by atoms with Gasteiger partial charge in [0.1, 0.15) is 49.4 Å². The highest BCUT2D eigenvalue weighted by atomic mass is 16.5. The predicted molar refractivity (Wildman–Crippen MR) is 246 cm³/mol. The summed E-state index contributed by atoms with van der Waals surface area (Å²) in [5.74, 6) is 3.14. The normalized spacial score (nSPS) is 11.3. The van der Waals surface area contributed by atoms with Crippen molar-refractivity contribution in [1.82, 2.24) is 0 Å². The Labute approximate surface area is 349 Å². The van der Waals surface area contributed by atoms with Gasteiger partial charge < -0.3 is 18.9 Å². The molecule has 0 saturated carbocycles. The van der Waals surface area contributed by atoms with Crippen LogP contribution >= 0.6 is 0 Å². The summed E-state index contributed by atoms with van der Waals surface area (Å²) in [6.07, 6.45) is 0. The highest BCUT2D eigenvalue weighted by molar-refractivity contribution is 6.11. The zero-order valence-electron chi connectivity index (χ0n) is 33.1. The average Bonchev–Trinajstić information content (AvgIpc) is 3.31. The van der Waals surface area contributed by atoms with Crippen LogP contribution in [0.25, 0.3) is 65.3 Å². The smallest absolute Gasteiger partial charge is 0.128 e. The Hall–Kier alpha value is -7.56. The lowest BCUT2D eigenvalue weighted by Gasteiger charge is -2.21. The van der Waals surface area contributed by atoms with Crippen molar-refractivity contribution in [2.75, 3.05) is 13.2 Å². The van der Waals surface area contributed by atoms with Crippen LogP contribution in [0.5, 0.6) is 23.0 Å². The summed E-state index contributed by atoms with van der Waals surface area (Å²) in [6, 6.07) is 71.3. The van der Waals surface area contributed by atoms with E-state index in [9.17, 15) is 0 Å². The average molecular weight is 779 g/mol. The van der Waals surface area contributed by atoms with Gasteiger partial charge in [-0.05, 0) is 78.5 Å². The van der Waals surface area contributed by atoms with Gasteiger partial charge in [-0.1, -0.05) is 182 Å². The molecule has 0 aromatic heterocycles. The van der Waals surface area contributed by atoms with Crippen molar-refractivity contribution in [2.24, 2.45) is 0 Å². The van der Waals surface area contributed by atoms with Crippen molar-refractivity contribution in [3.8, 4) is 45.3 Å². The molecule has 0 unspecified atom stereocenters. The van der Waals surface area contributed by atoms with Gasteiger partial charge in [0.2, 0.25) is 0 Å². The topological polar surface area (TPSA) is 36.9 Å². The first-order chi connectivity index (χ1) is 29.8. The Morgan fingerprint density at radius 3 is 0.817 bits per heavy atom. The van der Waals surface area contributed by atoms with Crippen molar-refractivity contribution in [1.29, 1.82) is 0 Å². The lowest BCUT2D eigenvalue weighted by molar-refractivity contribution is 0.218. The summed E-state index contributed by atoms with van der Waals surface area (Å²) >= 11 is 0. The van der Waals surface area contributed by atoms with Crippen LogP contribution in [0.1, 0.15) is 11.1 Å². The highest BCUT2D eigenvalue weighted by Gasteiger charge is 2.21. The quantitative estimate of drug-likeness (QED) is 0.109. The van der Waals surface area contributed by atoms with Crippen LogP contribution in [0.15, 0.2) is 206 Å². The first-order valence-corrected chi connectivity index (χ1v) is 20.5. The summed E-state index contributed by atoms with van der Waals surface area (Å²) in [4.78, 5) is 0. The van der Waals surface area contributed by atoms with Gasteiger partial charge in [0, 0.05) is 22.3 Å². The molecule has 4 nitrogen and oxygen atoms in total.